The Morgan fingerprint density at radius 3 is 2.42 bits per heavy atom. The van der Waals surface area contributed by atoms with Crippen molar-refractivity contribution in [2.75, 3.05) is 13.1 Å². The van der Waals surface area contributed by atoms with E-state index >= 15 is 0 Å². The largest absolute Gasteiger partial charge is 0.456 e. The Morgan fingerprint density at radius 1 is 1.10 bits per heavy atom. The van der Waals surface area contributed by atoms with Crippen LogP contribution >= 0.6 is 0 Å². The van der Waals surface area contributed by atoms with Gasteiger partial charge < -0.3 is 14.6 Å². The fourth-order valence-electron chi connectivity index (χ4n) is 4.01. The van der Waals surface area contributed by atoms with Crippen LogP contribution in [0, 0.1) is 13.8 Å². The maximum Gasteiger partial charge on any atom is 0.287 e. The number of hydrogen-bond acceptors (Lipinski definition) is 4. The summed E-state index contributed by atoms with van der Waals surface area (Å²) in [5.41, 5.74) is 3.70. The first-order chi connectivity index (χ1) is 15.0. The Bertz CT molecular complexity index is 1070. The highest BCUT2D eigenvalue weighted by atomic mass is 16.3. The molecule has 0 aliphatic carbocycles. The number of rotatable bonds is 5. The summed E-state index contributed by atoms with van der Waals surface area (Å²) >= 11 is 0. The van der Waals surface area contributed by atoms with E-state index in [9.17, 15) is 9.59 Å². The molecule has 7 heteroatoms. The molecule has 0 radical (unpaired) electrons. The molecule has 0 atom stereocenters. The third-order valence-corrected chi connectivity index (χ3v) is 5.79. The van der Waals surface area contributed by atoms with Gasteiger partial charge in [0.15, 0.2) is 5.76 Å². The second-order valence-corrected chi connectivity index (χ2v) is 8.06. The van der Waals surface area contributed by atoms with Crippen molar-refractivity contribution in [2.24, 2.45) is 0 Å². The predicted octanol–water partition coefficient (Wildman–Crippen LogP) is 3.68. The molecule has 1 aromatic carbocycles. The Hall–Kier alpha value is -3.35. The summed E-state index contributed by atoms with van der Waals surface area (Å²) in [5.74, 6) is 0.836. The molecule has 0 unspecified atom stereocenters. The number of carbonyl (C=O) groups is 2. The molecule has 0 spiro atoms. The van der Waals surface area contributed by atoms with Gasteiger partial charge in [0.05, 0.1) is 23.1 Å². The van der Waals surface area contributed by atoms with Crippen molar-refractivity contribution < 1.29 is 14.0 Å². The summed E-state index contributed by atoms with van der Waals surface area (Å²) in [6.07, 6.45) is 3.81. The maximum absolute atomic E-state index is 13.2. The maximum atomic E-state index is 13.2. The smallest absolute Gasteiger partial charge is 0.287 e. The molecule has 2 aromatic heterocycles. The van der Waals surface area contributed by atoms with Crippen molar-refractivity contribution in [3.63, 3.8) is 0 Å². The molecule has 7 nitrogen and oxygen atoms in total. The number of aryl methyl sites for hydroxylation is 2. The van der Waals surface area contributed by atoms with Crippen LogP contribution in [0.25, 0.3) is 5.69 Å². The molecule has 3 aromatic rings. The minimum absolute atomic E-state index is 0.00153. The van der Waals surface area contributed by atoms with Gasteiger partial charge in [-0.3, -0.25) is 9.59 Å². The fourth-order valence-corrected chi connectivity index (χ4v) is 4.01. The molecule has 1 aliphatic rings. The Kier molecular flexibility index (Phi) is 5.93. The van der Waals surface area contributed by atoms with Crippen LogP contribution in [0.5, 0.6) is 0 Å². The predicted molar refractivity (Wildman–Crippen MR) is 118 cm³/mol. The van der Waals surface area contributed by atoms with Gasteiger partial charge in [-0.2, -0.15) is 5.10 Å². The lowest BCUT2D eigenvalue weighted by Gasteiger charge is -2.32. The zero-order valence-electron chi connectivity index (χ0n) is 18.2. The van der Waals surface area contributed by atoms with Gasteiger partial charge in [0.2, 0.25) is 0 Å². The number of piperidine rings is 1. The molecule has 2 amide bonds. The highest BCUT2D eigenvalue weighted by Crippen LogP contribution is 2.20. The van der Waals surface area contributed by atoms with Gasteiger partial charge in [-0.1, -0.05) is 24.6 Å². The van der Waals surface area contributed by atoms with Crippen LogP contribution in [0.3, 0.4) is 0 Å². The lowest BCUT2D eigenvalue weighted by Crippen LogP contribution is -2.46. The standard InChI is InChI=1S/C24H28N4O3/c1-4-21-20(15-25-28(21)19-8-5-16(2)6-9-19)24(30)27-13-11-18(12-14-27)26-23(29)22-10-7-17(3)31-22/h5-10,15,18H,4,11-14H2,1-3H3,(H,26,29). The molecule has 31 heavy (non-hydrogen) atoms. The van der Waals surface area contributed by atoms with Crippen molar-refractivity contribution in [1.82, 2.24) is 20.0 Å². The van der Waals surface area contributed by atoms with E-state index in [4.69, 9.17) is 4.42 Å². The fraction of sp³-hybridized carbons (Fsp3) is 0.375. The van der Waals surface area contributed by atoms with Gasteiger partial charge in [-0.25, -0.2) is 4.68 Å². The number of benzene rings is 1. The number of nitrogens with one attached hydrogen (secondary N) is 1. The highest BCUT2D eigenvalue weighted by molar-refractivity contribution is 5.95. The van der Waals surface area contributed by atoms with E-state index in [1.165, 1.54) is 5.56 Å². The SMILES string of the molecule is CCc1c(C(=O)N2CCC(NC(=O)c3ccc(C)o3)CC2)cnn1-c1ccc(C)cc1. The van der Waals surface area contributed by atoms with E-state index in [0.717, 1.165) is 11.4 Å². The third-order valence-electron chi connectivity index (χ3n) is 5.79. The summed E-state index contributed by atoms with van der Waals surface area (Å²) in [7, 11) is 0. The van der Waals surface area contributed by atoms with Crippen LogP contribution in [-0.4, -0.2) is 45.6 Å². The van der Waals surface area contributed by atoms with Crippen LogP contribution in [0.4, 0.5) is 0 Å². The van der Waals surface area contributed by atoms with E-state index in [-0.39, 0.29) is 17.9 Å². The Balaban J connectivity index is 1.41. The second-order valence-electron chi connectivity index (χ2n) is 8.06. The van der Waals surface area contributed by atoms with Crippen molar-refractivity contribution >= 4 is 11.8 Å². The molecule has 1 saturated heterocycles. The first-order valence-electron chi connectivity index (χ1n) is 10.8. The summed E-state index contributed by atoms with van der Waals surface area (Å²) in [5, 5.41) is 7.51. The summed E-state index contributed by atoms with van der Waals surface area (Å²) in [4.78, 5) is 27.4. The van der Waals surface area contributed by atoms with E-state index in [1.807, 2.05) is 54.6 Å². The molecule has 1 N–H and O–H groups in total. The van der Waals surface area contributed by atoms with Gasteiger partial charge in [0.25, 0.3) is 11.8 Å². The minimum atomic E-state index is -0.203. The molecule has 162 valence electrons. The van der Waals surface area contributed by atoms with Crippen LogP contribution in [0.2, 0.25) is 0 Å². The van der Waals surface area contributed by atoms with Crippen molar-refractivity contribution in [3.8, 4) is 5.69 Å². The van der Waals surface area contributed by atoms with Crippen LogP contribution in [-0.2, 0) is 6.42 Å². The van der Waals surface area contributed by atoms with E-state index in [1.54, 1.807) is 18.3 Å². The molecule has 0 bridgehead atoms. The number of likely N-dealkylation sites (tertiary alicyclic amines) is 1. The number of amides is 2. The van der Waals surface area contributed by atoms with Gasteiger partial charge in [0.1, 0.15) is 5.76 Å². The molecular weight excluding hydrogens is 392 g/mol. The quantitative estimate of drug-likeness (QED) is 0.683. The lowest BCUT2D eigenvalue weighted by molar-refractivity contribution is 0.0694. The van der Waals surface area contributed by atoms with Gasteiger partial charge in [0, 0.05) is 19.1 Å². The Labute approximate surface area is 182 Å². The zero-order chi connectivity index (χ0) is 22.0. The monoisotopic (exact) mass is 420 g/mol. The van der Waals surface area contributed by atoms with Gasteiger partial charge in [-0.15, -0.1) is 0 Å². The normalized spacial score (nSPS) is 14.6. The number of nitrogens with zero attached hydrogens (tertiary/aromatic N) is 3. The third kappa shape index (κ3) is 4.40. The average molecular weight is 421 g/mol. The number of carbonyl (C=O) groups excluding carboxylic acids is 2. The van der Waals surface area contributed by atoms with E-state index in [2.05, 4.69) is 10.4 Å². The van der Waals surface area contributed by atoms with Crippen molar-refractivity contribution in [2.45, 2.75) is 46.1 Å². The van der Waals surface area contributed by atoms with Gasteiger partial charge in [-0.05, 0) is 57.4 Å². The number of aromatic nitrogens is 2. The van der Waals surface area contributed by atoms with E-state index in [0.29, 0.717) is 49.4 Å². The van der Waals surface area contributed by atoms with Crippen molar-refractivity contribution in [3.05, 3.63) is 70.9 Å². The van der Waals surface area contributed by atoms with Gasteiger partial charge >= 0.3 is 0 Å². The molecule has 0 saturated carbocycles. The van der Waals surface area contributed by atoms with Crippen LogP contribution in [0.1, 0.15) is 57.7 Å². The average Bonchev–Trinajstić information content (AvgIpc) is 3.40. The first-order valence-corrected chi connectivity index (χ1v) is 10.8. The van der Waals surface area contributed by atoms with Crippen LogP contribution in [0.15, 0.2) is 47.0 Å². The number of furan rings is 1. The summed E-state index contributed by atoms with van der Waals surface area (Å²) in [6.45, 7) is 7.09. The topological polar surface area (TPSA) is 80.4 Å². The first kappa shape index (κ1) is 20.9. The van der Waals surface area contributed by atoms with Crippen molar-refractivity contribution in [1.29, 1.82) is 0 Å². The lowest BCUT2D eigenvalue weighted by atomic mass is 10.0. The second kappa shape index (κ2) is 8.79. The Morgan fingerprint density at radius 2 is 1.81 bits per heavy atom. The highest BCUT2D eigenvalue weighted by Gasteiger charge is 2.28. The molecule has 1 fully saturated rings. The minimum Gasteiger partial charge on any atom is -0.456 e. The molecule has 1 aliphatic heterocycles. The summed E-state index contributed by atoms with van der Waals surface area (Å²) < 4.78 is 7.24. The van der Waals surface area contributed by atoms with Crippen LogP contribution < -0.4 is 5.32 Å². The molecule has 3 heterocycles. The van der Waals surface area contributed by atoms with E-state index < -0.39 is 0 Å². The summed E-state index contributed by atoms with van der Waals surface area (Å²) in [6, 6.07) is 11.6. The zero-order valence-corrected chi connectivity index (χ0v) is 18.2. The molecule has 4 rings (SSSR count). The number of hydrogen-bond donors (Lipinski definition) is 1. The molecular formula is C24H28N4O3.